The van der Waals surface area contributed by atoms with Crippen LogP contribution < -0.4 is 15.0 Å². The summed E-state index contributed by atoms with van der Waals surface area (Å²) in [6.07, 6.45) is 0. The first kappa shape index (κ1) is 18.7. The fourth-order valence-electron chi connectivity index (χ4n) is 2.38. The molecule has 0 atom stereocenters. The van der Waals surface area contributed by atoms with Gasteiger partial charge in [-0.1, -0.05) is 35.9 Å². The third-order valence-corrected chi connectivity index (χ3v) is 6.59. The molecule has 1 heterocycles. The Bertz CT molecular complexity index is 1090. The number of hydrazine groups is 1. The minimum absolute atomic E-state index is 0.0669. The number of thiophene rings is 1. The van der Waals surface area contributed by atoms with E-state index >= 15 is 0 Å². The first-order valence-electron chi connectivity index (χ1n) is 7.47. The quantitative estimate of drug-likeness (QED) is 0.630. The molecule has 136 valence electrons. The minimum Gasteiger partial charge on any atom is -0.495 e. The summed E-state index contributed by atoms with van der Waals surface area (Å²) >= 11 is 7.42. The lowest BCUT2D eigenvalue weighted by Gasteiger charge is -2.12. The summed E-state index contributed by atoms with van der Waals surface area (Å²) in [5.74, 6) is -0.455. The Hall–Kier alpha value is -2.13. The fraction of sp³-hybridized carbons (Fsp3) is 0.118. The van der Waals surface area contributed by atoms with Crippen molar-refractivity contribution < 1.29 is 17.9 Å². The van der Waals surface area contributed by atoms with Gasteiger partial charge in [0, 0.05) is 10.1 Å². The van der Waals surface area contributed by atoms with E-state index < -0.39 is 15.9 Å². The molecule has 3 aromatic rings. The largest absolute Gasteiger partial charge is 0.495 e. The molecule has 2 N–H and O–H groups in total. The number of aryl methyl sites for hydroxylation is 1. The van der Waals surface area contributed by atoms with Gasteiger partial charge in [0.15, 0.2) is 0 Å². The van der Waals surface area contributed by atoms with E-state index in [1.807, 2.05) is 18.2 Å². The van der Waals surface area contributed by atoms with Gasteiger partial charge in [-0.05, 0) is 30.7 Å². The number of rotatable bonds is 5. The van der Waals surface area contributed by atoms with Crippen LogP contribution in [0.25, 0.3) is 10.1 Å². The van der Waals surface area contributed by atoms with Crippen LogP contribution in [-0.2, 0) is 10.0 Å². The van der Waals surface area contributed by atoms with Crippen LogP contribution in [0.3, 0.4) is 0 Å². The second-order valence-corrected chi connectivity index (χ2v) is 8.54. The van der Waals surface area contributed by atoms with Crippen molar-refractivity contribution in [2.24, 2.45) is 0 Å². The van der Waals surface area contributed by atoms with Crippen molar-refractivity contribution in [2.45, 2.75) is 11.8 Å². The molecule has 1 aromatic heterocycles. The van der Waals surface area contributed by atoms with E-state index in [2.05, 4.69) is 10.3 Å². The van der Waals surface area contributed by atoms with Crippen molar-refractivity contribution in [1.82, 2.24) is 10.3 Å². The molecule has 2 aromatic carbocycles. The number of ether oxygens (including phenoxy) is 1. The Balaban J connectivity index is 1.84. The Morgan fingerprint density at radius 2 is 1.92 bits per heavy atom. The predicted octanol–water partition coefficient (Wildman–Crippen LogP) is 3.50. The molecule has 0 aliphatic rings. The molecule has 0 aliphatic heterocycles. The van der Waals surface area contributed by atoms with E-state index in [4.69, 9.17) is 16.3 Å². The Morgan fingerprint density at radius 1 is 1.19 bits per heavy atom. The van der Waals surface area contributed by atoms with Crippen molar-refractivity contribution in [3.05, 3.63) is 57.9 Å². The first-order chi connectivity index (χ1) is 12.3. The molecule has 9 heteroatoms. The molecule has 1 amide bonds. The van der Waals surface area contributed by atoms with Crippen molar-refractivity contribution in [2.75, 3.05) is 7.11 Å². The lowest BCUT2D eigenvalue weighted by molar-refractivity contribution is 0.0949. The average Bonchev–Trinajstić information content (AvgIpc) is 2.97. The zero-order chi connectivity index (χ0) is 18.9. The zero-order valence-corrected chi connectivity index (χ0v) is 16.3. The maximum Gasteiger partial charge on any atom is 0.277 e. The molecule has 0 spiro atoms. The van der Waals surface area contributed by atoms with Gasteiger partial charge in [-0.25, -0.2) is 8.42 Å². The Morgan fingerprint density at radius 3 is 2.62 bits per heavy atom. The number of amides is 1. The van der Waals surface area contributed by atoms with E-state index in [-0.39, 0.29) is 20.5 Å². The highest BCUT2D eigenvalue weighted by Crippen LogP contribution is 2.35. The second-order valence-electron chi connectivity index (χ2n) is 5.46. The monoisotopic (exact) mass is 410 g/mol. The summed E-state index contributed by atoms with van der Waals surface area (Å²) in [6, 6.07) is 12.0. The highest BCUT2D eigenvalue weighted by molar-refractivity contribution is 7.89. The maximum absolute atomic E-state index is 12.5. The molecular weight excluding hydrogens is 396 g/mol. The molecule has 3 rings (SSSR count). The van der Waals surface area contributed by atoms with Crippen LogP contribution >= 0.6 is 22.9 Å². The molecule has 26 heavy (non-hydrogen) atoms. The molecular formula is C17H15ClN2O4S2. The molecule has 0 bridgehead atoms. The van der Waals surface area contributed by atoms with Crippen LogP contribution in [0.15, 0.2) is 47.4 Å². The van der Waals surface area contributed by atoms with Crippen LogP contribution in [0.1, 0.15) is 15.2 Å². The van der Waals surface area contributed by atoms with Gasteiger partial charge in [-0.3, -0.25) is 10.2 Å². The standard InChI is InChI=1S/C17H15ClN2O4S2/c1-10-7-8-12(24-2)14(9-10)26(22,23)20-19-17(21)16-15(18)11-5-3-4-6-13(11)25-16/h3-9,20H,1-2H3,(H,19,21). The van der Waals surface area contributed by atoms with Gasteiger partial charge in [0.05, 0.1) is 12.1 Å². The highest BCUT2D eigenvalue weighted by atomic mass is 35.5. The van der Waals surface area contributed by atoms with Gasteiger partial charge >= 0.3 is 0 Å². The third kappa shape index (κ3) is 3.54. The minimum atomic E-state index is -4.02. The summed E-state index contributed by atoms with van der Waals surface area (Å²) in [5.41, 5.74) is 2.94. The topological polar surface area (TPSA) is 84.5 Å². The van der Waals surface area contributed by atoms with Gasteiger partial charge in [0.2, 0.25) is 0 Å². The number of methoxy groups -OCH3 is 1. The Kier molecular flexibility index (Phi) is 5.19. The normalized spacial score (nSPS) is 11.5. The molecule has 0 radical (unpaired) electrons. The highest BCUT2D eigenvalue weighted by Gasteiger charge is 2.22. The first-order valence-corrected chi connectivity index (χ1v) is 10.1. The van der Waals surface area contributed by atoms with Crippen LogP contribution in [0.5, 0.6) is 5.75 Å². The van der Waals surface area contributed by atoms with E-state index in [1.54, 1.807) is 25.1 Å². The number of hydrogen-bond acceptors (Lipinski definition) is 5. The van der Waals surface area contributed by atoms with Crippen LogP contribution in [0.2, 0.25) is 5.02 Å². The van der Waals surface area contributed by atoms with E-state index in [1.165, 1.54) is 24.5 Å². The number of carbonyl (C=O) groups excluding carboxylic acids is 1. The van der Waals surface area contributed by atoms with Gasteiger partial charge in [0.1, 0.15) is 15.5 Å². The van der Waals surface area contributed by atoms with Crippen LogP contribution in [0, 0.1) is 6.92 Å². The SMILES string of the molecule is COc1ccc(C)cc1S(=O)(=O)NNC(=O)c1sc2ccccc2c1Cl. The van der Waals surface area contributed by atoms with E-state index in [0.717, 1.165) is 15.6 Å². The number of carbonyl (C=O) groups is 1. The molecule has 0 unspecified atom stereocenters. The smallest absolute Gasteiger partial charge is 0.277 e. The average molecular weight is 411 g/mol. The lowest BCUT2D eigenvalue weighted by atomic mass is 10.2. The number of sulfonamides is 1. The summed E-state index contributed by atoms with van der Waals surface area (Å²) in [5, 5.41) is 1.03. The molecule has 0 saturated heterocycles. The lowest BCUT2D eigenvalue weighted by Crippen LogP contribution is -2.41. The number of halogens is 1. The Labute approximate surface area is 159 Å². The zero-order valence-electron chi connectivity index (χ0n) is 13.9. The summed E-state index contributed by atoms with van der Waals surface area (Å²) in [4.78, 5) is 14.6. The molecule has 0 aliphatic carbocycles. The molecule has 6 nitrogen and oxygen atoms in total. The van der Waals surface area contributed by atoms with Crippen molar-refractivity contribution in [3.63, 3.8) is 0 Å². The van der Waals surface area contributed by atoms with Gasteiger partial charge in [0.25, 0.3) is 15.9 Å². The number of fused-ring (bicyclic) bond motifs is 1. The van der Waals surface area contributed by atoms with Gasteiger partial charge < -0.3 is 4.74 Å². The summed E-state index contributed by atoms with van der Waals surface area (Å²) in [7, 11) is -2.64. The van der Waals surface area contributed by atoms with Crippen molar-refractivity contribution >= 4 is 49.0 Å². The maximum atomic E-state index is 12.5. The fourth-order valence-corrected chi connectivity index (χ4v) is 4.89. The van der Waals surface area contributed by atoms with Gasteiger partial charge in [-0.2, -0.15) is 0 Å². The number of nitrogens with one attached hydrogen (secondary N) is 2. The summed E-state index contributed by atoms with van der Waals surface area (Å²) < 4.78 is 31.0. The van der Waals surface area contributed by atoms with Gasteiger partial charge in [-0.15, -0.1) is 16.2 Å². The number of benzene rings is 2. The summed E-state index contributed by atoms with van der Waals surface area (Å²) in [6.45, 7) is 1.76. The number of hydrogen-bond donors (Lipinski definition) is 2. The van der Waals surface area contributed by atoms with Crippen molar-refractivity contribution in [1.29, 1.82) is 0 Å². The van der Waals surface area contributed by atoms with E-state index in [9.17, 15) is 13.2 Å². The van der Waals surface area contributed by atoms with Crippen molar-refractivity contribution in [3.8, 4) is 5.75 Å². The molecule has 0 saturated carbocycles. The predicted molar refractivity (Wildman–Crippen MR) is 102 cm³/mol. The van der Waals surface area contributed by atoms with Crippen LogP contribution in [0.4, 0.5) is 0 Å². The second kappa shape index (κ2) is 7.24. The van der Waals surface area contributed by atoms with Crippen LogP contribution in [-0.4, -0.2) is 21.4 Å². The van der Waals surface area contributed by atoms with E-state index in [0.29, 0.717) is 0 Å². The molecule has 0 fully saturated rings. The third-order valence-electron chi connectivity index (χ3n) is 3.65.